The highest BCUT2D eigenvalue weighted by Gasteiger charge is 2.37. The van der Waals surface area contributed by atoms with Crippen LogP contribution in [0.2, 0.25) is 0 Å². The van der Waals surface area contributed by atoms with E-state index in [1.165, 1.54) is 0 Å². The van der Waals surface area contributed by atoms with E-state index in [1.54, 1.807) is 18.2 Å². The van der Waals surface area contributed by atoms with E-state index in [4.69, 9.17) is 4.74 Å². The van der Waals surface area contributed by atoms with Gasteiger partial charge in [0.25, 0.3) is 0 Å². The fourth-order valence-electron chi connectivity index (χ4n) is 5.40. The predicted molar refractivity (Wildman–Crippen MR) is 132 cm³/mol. The van der Waals surface area contributed by atoms with Gasteiger partial charge in [0.1, 0.15) is 11.5 Å². The van der Waals surface area contributed by atoms with Gasteiger partial charge in [-0.1, -0.05) is 22.4 Å². The number of sulfonamides is 1. The molecule has 0 aromatic heterocycles. The summed E-state index contributed by atoms with van der Waals surface area (Å²) in [5.41, 5.74) is 0.487. The van der Waals surface area contributed by atoms with Gasteiger partial charge in [0, 0.05) is 55.8 Å². The predicted octanol–water partition coefficient (Wildman–Crippen LogP) is 3.44. The van der Waals surface area contributed by atoms with Crippen LogP contribution in [0.1, 0.15) is 32.1 Å². The molecule has 2 aliphatic heterocycles. The lowest BCUT2D eigenvalue weighted by Gasteiger charge is -2.39. The first-order valence-corrected chi connectivity index (χ1v) is 14.5. The summed E-state index contributed by atoms with van der Waals surface area (Å²) in [7, 11) is -1.75. The van der Waals surface area contributed by atoms with Gasteiger partial charge in [-0.3, -0.25) is 4.90 Å². The number of alkyl halides is 3. The molecule has 1 saturated carbocycles. The van der Waals surface area contributed by atoms with Crippen molar-refractivity contribution in [2.75, 3.05) is 57.8 Å². The normalized spacial score (nSPS) is 27.5. The van der Waals surface area contributed by atoms with Crippen LogP contribution in [0.4, 0.5) is 18.9 Å². The fourth-order valence-corrected chi connectivity index (χ4v) is 7.26. The second-order valence-corrected chi connectivity index (χ2v) is 12.4. The molecule has 12 heteroatoms. The molecule has 1 unspecified atom stereocenters. The molecule has 198 valence electrons. The lowest BCUT2D eigenvalue weighted by atomic mass is 10.1. The van der Waals surface area contributed by atoms with Gasteiger partial charge >= 0.3 is 6.18 Å². The highest BCUT2D eigenvalue weighted by atomic mass is 79.9. The molecule has 4 rings (SSSR count). The van der Waals surface area contributed by atoms with Crippen molar-refractivity contribution in [2.24, 2.45) is 0 Å². The zero-order valence-electron chi connectivity index (χ0n) is 19.9. The van der Waals surface area contributed by atoms with Gasteiger partial charge < -0.3 is 14.5 Å². The minimum absolute atomic E-state index is 0.154. The Hall–Kier alpha value is -0.920. The summed E-state index contributed by atoms with van der Waals surface area (Å²) < 4.78 is 74.0. The van der Waals surface area contributed by atoms with Crippen LogP contribution in [0.25, 0.3) is 0 Å². The molecule has 0 amide bonds. The van der Waals surface area contributed by atoms with Gasteiger partial charge in [0.15, 0.2) is 0 Å². The van der Waals surface area contributed by atoms with Gasteiger partial charge in [-0.05, 0) is 50.9 Å². The van der Waals surface area contributed by atoms with Gasteiger partial charge in [-0.15, -0.1) is 0 Å². The molecule has 7 nitrogen and oxygen atoms in total. The maximum atomic E-state index is 13.6. The molecule has 35 heavy (non-hydrogen) atoms. The molecule has 0 spiro atoms. The first kappa shape index (κ1) is 27.1. The Morgan fingerprint density at radius 2 is 1.83 bits per heavy atom. The van der Waals surface area contributed by atoms with Crippen LogP contribution in [0.15, 0.2) is 27.6 Å². The lowest BCUT2D eigenvalue weighted by Crippen LogP contribution is -2.54. The van der Waals surface area contributed by atoms with E-state index < -0.39 is 28.9 Å². The third-order valence-corrected chi connectivity index (χ3v) is 9.24. The first-order chi connectivity index (χ1) is 16.5. The number of hydrogen-bond acceptors (Lipinski definition) is 6. The van der Waals surface area contributed by atoms with Crippen molar-refractivity contribution < 1.29 is 26.3 Å². The molecule has 1 aliphatic carbocycles. The van der Waals surface area contributed by atoms with E-state index in [0.29, 0.717) is 29.5 Å². The molecule has 1 N–H and O–H groups in total. The van der Waals surface area contributed by atoms with Crippen molar-refractivity contribution in [1.29, 1.82) is 0 Å². The SMILES string of the molecule is CN1CCN([C@@H]2CCC[C@H]2NS(=O)(=O)c2ccc(Br)cc2N2CCCC(OCC(F)(F)F)C2)CC1. The van der Waals surface area contributed by atoms with Crippen molar-refractivity contribution >= 4 is 31.6 Å². The zero-order valence-corrected chi connectivity index (χ0v) is 22.3. The highest BCUT2D eigenvalue weighted by molar-refractivity contribution is 9.10. The van der Waals surface area contributed by atoms with Crippen LogP contribution in [-0.4, -0.2) is 95.5 Å². The molecule has 3 fully saturated rings. The van der Waals surface area contributed by atoms with Crippen LogP contribution in [0.3, 0.4) is 0 Å². The van der Waals surface area contributed by atoms with Crippen molar-refractivity contribution in [2.45, 2.75) is 61.4 Å². The Kier molecular flexibility index (Phi) is 8.70. The number of halogens is 4. The molecule has 3 aliphatic rings. The summed E-state index contributed by atoms with van der Waals surface area (Å²) >= 11 is 3.42. The first-order valence-electron chi connectivity index (χ1n) is 12.2. The van der Waals surface area contributed by atoms with Crippen molar-refractivity contribution in [3.8, 4) is 0 Å². The van der Waals surface area contributed by atoms with Crippen LogP contribution >= 0.6 is 15.9 Å². The summed E-state index contributed by atoms with van der Waals surface area (Å²) in [6.07, 6.45) is -1.14. The topological polar surface area (TPSA) is 65.1 Å². The van der Waals surface area contributed by atoms with E-state index in [0.717, 1.165) is 45.4 Å². The number of hydrogen-bond donors (Lipinski definition) is 1. The molecule has 2 heterocycles. The Bertz CT molecular complexity index is 973. The third kappa shape index (κ3) is 7.10. The summed E-state index contributed by atoms with van der Waals surface area (Å²) in [4.78, 5) is 6.66. The standard InChI is InChI=1S/C23H34BrF3N4O3S/c1-29-10-12-30(13-11-29)20-6-2-5-19(20)28-35(32,33)22-8-7-17(24)14-21(22)31-9-3-4-18(15-31)34-16-23(25,26)27/h7-8,14,18-20,28H,2-6,9-13,15-16H2,1H3/t18?,19-,20-/m1/s1. The van der Waals surface area contributed by atoms with Crippen LogP contribution in [-0.2, 0) is 14.8 Å². The average molecular weight is 584 g/mol. The third-order valence-electron chi connectivity index (χ3n) is 7.20. The second kappa shape index (κ2) is 11.2. The second-order valence-electron chi connectivity index (χ2n) is 9.81. The van der Waals surface area contributed by atoms with E-state index in [1.807, 2.05) is 4.90 Å². The quantitative estimate of drug-likeness (QED) is 0.531. The van der Waals surface area contributed by atoms with Gasteiger partial charge in [0.05, 0.1) is 11.8 Å². The fraction of sp³-hybridized carbons (Fsp3) is 0.739. The van der Waals surface area contributed by atoms with Crippen molar-refractivity contribution in [3.63, 3.8) is 0 Å². The average Bonchev–Trinajstić information content (AvgIpc) is 3.25. The number of ether oxygens (including phenoxy) is 1. The lowest BCUT2D eigenvalue weighted by molar-refractivity contribution is -0.185. The zero-order chi connectivity index (χ0) is 25.2. The van der Waals surface area contributed by atoms with Gasteiger partial charge in [-0.2, -0.15) is 13.2 Å². The Balaban J connectivity index is 1.50. The van der Waals surface area contributed by atoms with Crippen molar-refractivity contribution in [3.05, 3.63) is 22.7 Å². The summed E-state index contributed by atoms with van der Waals surface area (Å²) in [5.74, 6) is 0. The summed E-state index contributed by atoms with van der Waals surface area (Å²) in [5, 5.41) is 0. The van der Waals surface area contributed by atoms with Crippen molar-refractivity contribution in [1.82, 2.24) is 14.5 Å². The highest BCUT2D eigenvalue weighted by Crippen LogP contribution is 2.33. The number of likely N-dealkylation sites (N-methyl/N-ethyl adjacent to an activating group) is 1. The minimum Gasteiger partial charge on any atom is -0.368 e. The van der Waals surface area contributed by atoms with Crippen LogP contribution in [0, 0.1) is 0 Å². The van der Waals surface area contributed by atoms with Gasteiger partial charge in [-0.25, -0.2) is 13.1 Å². The maximum absolute atomic E-state index is 13.6. The molecule has 0 bridgehead atoms. The molecular formula is C23H34BrF3N4O3S. The molecule has 1 aromatic carbocycles. The number of nitrogens with zero attached hydrogens (tertiary/aromatic N) is 3. The number of piperidine rings is 1. The number of benzene rings is 1. The molecular weight excluding hydrogens is 549 g/mol. The molecule has 3 atom stereocenters. The number of nitrogens with one attached hydrogen (secondary N) is 1. The number of rotatable bonds is 7. The van der Waals surface area contributed by atoms with Gasteiger partial charge in [0.2, 0.25) is 10.0 Å². The Morgan fingerprint density at radius 3 is 2.54 bits per heavy atom. The molecule has 2 saturated heterocycles. The molecule has 0 radical (unpaired) electrons. The summed E-state index contributed by atoms with van der Waals surface area (Å²) in [6.45, 7) is 3.26. The van der Waals surface area contributed by atoms with Crippen LogP contribution in [0.5, 0.6) is 0 Å². The van der Waals surface area contributed by atoms with E-state index in [2.05, 4.69) is 37.5 Å². The minimum atomic E-state index is -4.39. The Morgan fingerprint density at radius 1 is 1.09 bits per heavy atom. The molecule has 1 aromatic rings. The van der Waals surface area contributed by atoms with E-state index in [9.17, 15) is 21.6 Å². The van der Waals surface area contributed by atoms with E-state index in [-0.39, 0.29) is 23.5 Å². The largest absolute Gasteiger partial charge is 0.411 e. The number of anilines is 1. The monoisotopic (exact) mass is 582 g/mol. The van der Waals surface area contributed by atoms with Crippen LogP contribution < -0.4 is 9.62 Å². The van der Waals surface area contributed by atoms with E-state index >= 15 is 0 Å². The smallest absolute Gasteiger partial charge is 0.368 e. The number of piperazine rings is 1. The Labute approximate surface area is 214 Å². The summed E-state index contributed by atoms with van der Waals surface area (Å²) in [6, 6.07) is 5.00. The maximum Gasteiger partial charge on any atom is 0.411 e.